The van der Waals surface area contributed by atoms with Gasteiger partial charge in [0.1, 0.15) is 11.5 Å². The summed E-state index contributed by atoms with van der Waals surface area (Å²) >= 11 is 11.0. The third-order valence-corrected chi connectivity index (χ3v) is 3.39. The van der Waals surface area contributed by atoms with E-state index in [1.54, 1.807) is 0 Å². The molecule has 2 rings (SSSR count). The highest BCUT2D eigenvalue weighted by molar-refractivity contribution is 6.31. The van der Waals surface area contributed by atoms with Crippen molar-refractivity contribution in [2.24, 2.45) is 0 Å². The molecule has 0 aliphatic carbocycles. The fourth-order valence-corrected chi connectivity index (χ4v) is 2.20. The van der Waals surface area contributed by atoms with Gasteiger partial charge in [-0.05, 0) is 36.4 Å². The predicted molar refractivity (Wildman–Crippen MR) is 81.3 cm³/mol. The van der Waals surface area contributed by atoms with Crippen LogP contribution >= 0.6 is 23.2 Å². The lowest BCUT2D eigenvalue weighted by Gasteiger charge is -2.16. The van der Waals surface area contributed by atoms with Gasteiger partial charge in [-0.25, -0.2) is 0 Å². The Hall–Kier alpha value is -1.74. The maximum atomic E-state index is 12.9. The minimum absolute atomic E-state index is 0.169. The molecule has 0 heterocycles. The van der Waals surface area contributed by atoms with Crippen LogP contribution in [0.15, 0.2) is 36.4 Å². The summed E-state index contributed by atoms with van der Waals surface area (Å²) in [6, 6.07) is 5.47. The van der Waals surface area contributed by atoms with Crippen LogP contribution in [0.25, 0.3) is 0 Å². The standard InChI is InChI=1S/C14H7BCl2F6O2/c16-7-1-3-11(9(5-7)13(18,19)20)24-15-25-12-4-2-8(17)6-10(12)14(21,22)23/h1-6,15H. The van der Waals surface area contributed by atoms with Gasteiger partial charge in [-0.2, -0.15) is 26.3 Å². The van der Waals surface area contributed by atoms with Crippen LogP contribution in [0, 0.1) is 0 Å². The van der Waals surface area contributed by atoms with Gasteiger partial charge in [0.05, 0.1) is 11.1 Å². The molecule has 0 spiro atoms. The summed E-state index contributed by atoms with van der Waals surface area (Å²) in [6.07, 6.45) is -9.50. The first-order valence-electron chi connectivity index (χ1n) is 6.47. The molecule has 0 radical (unpaired) electrons. The van der Waals surface area contributed by atoms with E-state index in [2.05, 4.69) is 0 Å². The van der Waals surface area contributed by atoms with Crippen LogP contribution in [0.5, 0.6) is 11.5 Å². The zero-order chi connectivity index (χ0) is 18.8. The molecule has 25 heavy (non-hydrogen) atoms. The minimum Gasteiger partial charge on any atom is -0.528 e. The maximum absolute atomic E-state index is 12.9. The molecule has 2 aromatic carbocycles. The van der Waals surface area contributed by atoms with Gasteiger partial charge >= 0.3 is 20.0 Å². The van der Waals surface area contributed by atoms with E-state index in [1.807, 2.05) is 0 Å². The van der Waals surface area contributed by atoms with Gasteiger partial charge in [0.2, 0.25) is 0 Å². The largest absolute Gasteiger partial charge is 0.576 e. The van der Waals surface area contributed by atoms with Crippen LogP contribution in [0.3, 0.4) is 0 Å². The van der Waals surface area contributed by atoms with Crippen molar-refractivity contribution >= 4 is 30.9 Å². The summed E-state index contributed by atoms with van der Waals surface area (Å²) in [5, 5.41) is -0.338. The van der Waals surface area contributed by atoms with E-state index in [-0.39, 0.29) is 10.0 Å². The molecule has 0 aliphatic heterocycles. The van der Waals surface area contributed by atoms with Crippen molar-refractivity contribution in [2.45, 2.75) is 12.4 Å². The fourth-order valence-electron chi connectivity index (χ4n) is 1.86. The molecule has 0 saturated heterocycles. The molecule has 0 aromatic heterocycles. The van der Waals surface area contributed by atoms with Crippen LogP contribution in [0.2, 0.25) is 10.0 Å². The van der Waals surface area contributed by atoms with Crippen LogP contribution in [0.4, 0.5) is 26.3 Å². The highest BCUT2D eigenvalue weighted by Crippen LogP contribution is 2.39. The quantitative estimate of drug-likeness (QED) is 0.478. The molecular formula is C14H7BCl2F6O2. The Kier molecular flexibility index (Phi) is 5.68. The molecule has 0 amide bonds. The number of benzene rings is 2. The predicted octanol–water partition coefficient (Wildman–Crippen LogP) is 5.76. The van der Waals surface area contributed by atoms with Crippen LogP contribution < -0.4 is 9.31 Å². The SMILES string of the molecule is FC(F)(F)c1cc(Cl)ccc1OBOc1ccc(Cl)cc1C(F)(F)F. The first-order valence-corrected chi connectivity index (χ1v) is 7.23. The monoisotopic (exact) mass is 402 g/mol. The van der Waals surface area contributed by atoms with Gasteiger partial charge in [-0.1, -0.05) is 23.2 Å². The summed E-state index contributed by atoms with van der Waals surface area (Å²) in [5.41, 5.74) is -2.34. The highest BCUT2D eigenvalue weighted by atomic mass is 35.5. The van der Waals surface area contributed by atoms with Crippen molar-refractivity contribution in [3.8, 4) is 11.5 Å². The average Bonchev–Trinajstić information content (AvgIpc) is 2.48. The van der Waals surface area contributed by atoms with Crippen LogP contribution in [-0.2, 0) is 12.4 Å². The number of halogens is 8. The smallest absolute Gasteiger partial charge is 0.528 e. The third-order valence-electron chi connectivity index (χ3n) is 2.92. The molecule has 0 atom stereocenters. The van der Waals surface area contributed by atoms with Gasteiger partial charge in [-0.15, -0.1) is 0 Å². The Labute approximate surface area is 148 Å². The number of alkyl halides is 6. The Morgan fingerprint density at radius 2 is 1.04 bits per heavy atom. The van der Waals surface area contributed by atoms with E-state index in [1.165, 1.54) is 0 Å². The second-order valence-electron chi connectivity index (χ2n) is 4.68. The van der Waals surface area contributed by atoms with Gasteiger partial charge in [0.25, 0.3) is 0 Å². The summed E-state index contributed by atoms with van der Waals surface area (Å²) < 4.78 is 87.0. The first-order chi connectivity index (χ1) is 11.5. The Morgan fingerprint density at radius 3 is 1.36 bits per heavy atom. The molecule has 0 saturated carbocycles. The average molecular weight is 403 g/mol. The van der Waals surface area contributed by atoms with E-state index >= 15 is 0 Å². The van der Waals surface area contributed by atoms with E-state index in [0.717, 1.165) is 24.3 Å². The van der Waals surface area contributed by atoms with E-state index < -0.39 is 42.7 Å². The molecule has 2 nitrogen and oxygen atoms in total. The van der Waals surface area contributed by atoms with Crippen molar-refractivity contribution in [2.75, 3.05) is 0 Å². The first kappa shape index (κ1) is 19.6. The van der Waals surface area contributed by atoms with Crippen LogP contribution in [0.1, 0.15) is 11.1 Å². The van der Waals surface area contributed by atoms with Gasteiger partial charge in [0.15, 0.2) is 0 Å². The van der Waals surface area contributed by atoms with Crippen molar-refractivity contribution in [1.82, 2.24) is 0 Å². The lowest BCUT2D eigenvalue weighted by atomic mass is 10.1. The van der Waals surface area contributed by atoms with E-state index in [0.29, 0.717) is 12.1 Å². The number of hydrogen-bond donors (Lipinski definition) is 0. The molecule has 134 valence electrons. The summed E-state index contributed by atoms with van der Waals surface area (Å²) in [7, 11) is -0.880. The molecular weight excluding hydrogens is 396 g/mol. The third kappa shape index (κ3) is 5.12. The molecule has 2 aromatic rings. The maximum Gasteiger partial charge on any atom is 0.576 e. The van der Waals surface area contributed by atoms with Gasteiger partial charge in [0, 0.05) is 10.0 Å². The number of hydrogen-bond acceptors (Lipinski definition) is 2. The van der Waals surface area contributed by atoms with Crippen molar-refractivity contribution in [3.05, 3.63) is 57.6 Å². The Morgan fingerprint density at radius 1 is 0.680 bits per heavy atom. The molecule has 0 unspecified atom stereocenters. The zero-order valence-corrected chi connectivity index (χ0v) is 13.5. The fraction of sp³-hybridized carbons (Fsp3) is 0.143. The van der Waals surface area contributed by atoms with E-state index in [4.69, 9.17) is 32.5 Å². The lowest BCUT2D eigenvalue weighted by molar-refractivity contribution is -0.138. The van der Waals surface area contributed by atoms with E-state index in [9.17, 15) is 26.3 Å². The van der Waals surface area contributed by atoms with Crippen molar-refractivity contribution < 1.29 is 35.7 Å². The Balaban J connectivity index is 2.18. The topological polar surface area (TPSA) is 18.5 Å². The summed E-state index contributed by atoms with van der Waals surface area (Å²) in [5.74, 6) is -1.25. The molecule has 0 bridgehead atoms. The highest BCUT2D eigenvalue weighted by Gasteiger charge is 2.36. The molecule has 11 heteroatoms. The zero-order valence-electron chi connectivity index (χ0n) is 12.0. The second-order valence-corrected chi connectivity index (χ2v) is 5.56. The lowest BCUT2D eigenvalue weighted by Crippen LogP contribution is -2.17. The van der Waals surface area contributed by atoms with Gasteiger partial charge < -0.3 is 9.31 Å². The van der Waals surface area contributed by atoms with Crippen molar-refractivity contribution in [1.29, 1.82) is 0 Å². The summed E-state index contributed by atoms with van der Waals surface area (Å²) in [6.45, 7) is 0. The number of rotatable bonds is 4. The van der Waals surface area contributed by atoms with Crippen molar-refractivity contribution in [3.63, 3.8) is 0 Å². The second kappa shape index (κ2) is 7.25. The Bertz CT molecular complexity index is 700. The molecule has 0 fully saturated rings. The summed E-state index contributed by atoms with van der Waals surface area (Å²) in [4.78, 5) is 0. The minimum atomic E-state index is -4.75. The molecule has 0 aliphatic rings. The van der Waals surface area contributed by atoms with Gasteiger partial charge in [-0.3, -0.25) is 0 Å². The van der Waals surface area contributed by atoms with Crippen LogP contribution in [-0.4, -0.2) is 7.69 Å². The normalized spacial score (nSPS) is 12.0. The molecule has 0 N–H and O–H groups in total.